The fraction of sp³-hybridized carbons (Fsp3) is 0.333. The second-order valence-corrected chi connectivity index (χ2v) is 11.1. The fourth-order valence-corrected chi connectivity index (χ4v) is 6.78. The monoisotopic (exact) mass is 546 g/mol. The first-order valence-electron chi connectivity index (χ1n) is 10.7. The average Bonchev–Trinajstić information content (AvgIpc) is 2.78. The minimum absolute atomic E-state index is 0. The third-order valence-electron chi connectivity index (χ3n) is 6.12. The van der Waals surface area contributed by atoms with Gasteiger partial charge in [0.1, 0.15) is 4.90 Å². The molecule has 2 N–H and O–H groups in total. The Kier molecular flexibility index (Phi) is 8.95. The molecule has 0 heterocycles. The van der Waals surface area contributed by atoms with Crippen LogP contribution in [0.5, 0.6) is 0 Å². The summed E-state index contributed by atoms with van der Waals surface area (Å²) in [5.41, 5.74) is 1.20. The second-order valence-electron chi connectivity index (χ2n) is 8.25. The molecule has 0 spiro atoms. The zero-order valence-corrected chi connectivity index (χ0v) is 21.9. The lowest BCUT2D eigenvalue weighted by Gasteiger charge is -2.35. The van der Waals surface area contributed by atoms with Crippen LogP contribution in [0.2, 0.25) is 15.1 Å². The molecule has 0 saturated heterocycles. The summed E-state index contributed by atoms with van der Waals surface area (Å²) >= 11 is 18.2. The van der Waals surface area contributed by atoms with Crippen LogP contribution < -0.4 is 10.0 Å². The van der Waals surface area contributed by atoms with Crippen molar-refractivity contribution in [2.24, 2.45) is 0 Å². The Morgan fingerprint density at radius 3 is 2.30 bits per heavy atom. The second kappa shape index (κ2) is 11.1. The number of nitrogens with one attached hydrogen (secondary N) is 2. The van der Waals surface area contributed by atoms with Crippen LogP contribution in [0.1, 0.15) is 44.2 Å². The van der Waals surface area contributed by atoms with Crippen molar-refractivity contribution in [2.45, 2.75) is 55.6 Å². The van der Waals surface area contributed by atoms with Crippen LogP contribution in [0, 0.1) is 0 Å². The summed E-state index contributed by atoms with van der Waals surface area (Å²) in [6.45, 7) is 2.12. The Morgan fingerprint density at radius 1 is 0.879 bits per heavy atom. The van der Waals surface area contributed by atoms with Gasteiger partial charge < -0.3 is 5.32 Å². The highest BCUT2D eigenvalue weighted by molar-refractivity contribution is 7.89. The van der Waals surface area contributed by atoms with Crippen LogP contribution in [-0.2, 0) is 10.0 Å². The van der Waals surface area contributed by atoms with Gasteiger partial charge in [-0.25, -0.2) is 13.1 Å². The molecule has 3 aromatic carbocycles. The molecule has 0 aliphatic heterocycles. The van der Waals surface area contributed by atoms with Crippen LogP contribution in [-0.4, -0.2) is 20.5 Å². The van der Waals surface area contributed by atoms with Crippen molar-refractivity contribution in [2.75, 3.05) is 0 Å². The number of benzene rings is 3. The highest BCUT2D eigenvalue weighted by atomic mass is 35.5. The van der Waals surface area contributed by atoms with E-state index in [4.69, 9.17) is 34.8 Å². The molecular weight excluding hydrogens is 522 g/mol. The van der Waals surface area contributed by atoms with Crippen LogP contribution in [0.4, 0.5) is 0 Å². The molecule has 1 saturated carbocycles. The third-order valence-corrected chi connectivity index (χ3v) is 9.05. The lowest BCUT2D eigenvalue weighted by molar-refractivity contribution is 0.291. The van der Waals surface area contributed by atoms with E-state index in [1.807, 2.05) is 12.1 Å². The Morgan fingerprint density at radius 2 is 1.55 bits per heavy atom. The summed E-state index contributed by atoms with van der Waals surface area (Å²) in [4.78, 5) is -0.0556. The summed E-state index contributed by atoms with van der Waals surface area (Å²) in [6.07, 6.45) is 3.64. The maximum Gasteiger partial charge on any atom is 0.242 e. The van der Waals surface area contributed by atoms with E-state index in [0.29, 0.717) is 0 Å². The Bertz CT molecular complexity index is 1230. The average molecular weight is 548 g/mol. The van der Waals surface area contributed by atoms with Gasteiger partial charge in [-0.15, -0.1) is 12.4 Å². The molecule has 2 unspecified atom stereocenters. The van der Waals surface area contributed by atoms with Crippen molar-refractivity contribution in [3.05, 3.63) is 75.2 Å². The Hall–Kier alpha value is -1.05. The van der Waals surface area contributed by atoms with Gasteiger partial charge in [0.2, 0.25) is 10.0 Å². The normalized spacial score (nSPS) is 19.8. The predicted octanol–water partition coefficient (Wildman–Crippen LogP) is 7.16. The molecule has 0 aromatic heterocycles. The van der Waals surface area contributed by atoms with Gasteiger partial charge in [-0.2, -0.15) is 0 Å². The first kappa shape index (κ1) is 26.6. The van der Waals surface area contributed by atoms with Gasteiger partial charge in [0.25, 0.3) is 0 Å². The van der Waals surface area contributed by atoms with E-state index in [-0.39, 0.29) is 50.5 Å². The Balaban J connectivity index is 0.00000306. The number of sulfonamides is 1. The molecule has 4 nitrogen and oxygen atoms in total. The van der Waals surface area contributed by atoms with Crippen molar-refractivity contribution in [3.63, 3.8) is 0 Å². The molecule has 3 atom stereocenters. The van der Waals surface area contributed by atoms with E-state index >= 15 is 0 Å². The van der Waals surface area contributed by atoms with Crippen molar-refractivity contribution in [3.8, 4) is 0 Å². The smallest absolute Gasteiger partial charge is 0.242 e. The third kappa shape index (κ3) is 5.79. The van der Waals surface area contributed by atoms with Crippen LogP contribution in [0.25, 0.3) is 10.8 Å². The number of rotatable bonds is 6. The predicted molar refractivity (Wildman–Crippen MR) is 141 cm³/mol. The van der Waals surface area contributed by atoms with Crippen molar-refractivity contribution in [1.82, 2.24) is 10.0 Å². The van der Waals surface area contributed by atoms with Crippen molar-refractivity contribution >= 4 is 68.0 Å². The van der Waals surface area contributed by atoms with E-state index in [1.54, 1.807) is 0 Å². The molecule has 3 aromatic rings. The Labute approximate surface area is 216 Å². The van der Waals surface area contributed by atoms with Gasteiger partial charge in [0.15, 0.2) is 0 Å². The van der Waals surface area contributed by atoms with Crippen molar-refractivity contribution < 1.29 is 8.42 Å². The summed E-state index contributed by atoms with van der Waals surface area (Å²) in [5, 5.41) is 6.27. The summed E-state index contributed by atoms with van der Waals surface area (Å²) < 4.78 is 29.1. The number of fused-ring (bicyclic) bond motifs is 1. The summed E-state index contributed by atoms with van der Waals surface area (Å²) in [5.74, 6) is 0. The first-order chi connectivity index (χ1) is 15.3. The van der Waals surface area contributed by atoms with E-state index in [1.165, 1.54) is 28.5 Å². The molecule has 1 aliphatic rings. The molecule has 178 valence electrons. The topological polar surface area (TPSA) is 58.2 Å². The lowest BCUT2D eigenvalue weighted by atomic mass is 9.89. The number of halogens is 4. The molecule has 1 fully saturated rings. The SMILES string of the molecule is CC(N[C@H]1CCCCC1NS(=O)(=O)c1ccc(Cl)c(Cl)c1Cl)c1cccc2ccccc12.Cl. The van der Waals surface area contributed by atoms with Gasteiger partial charge in [-0.05, 0) is 48.2 Å². The highest BCUT2D eigenvalue weighted by Crippen LogP contribution is 2.35. The highest BCUT2D eigenvalue weighted by Gasteiger charge is 2.32. The molecular formula is C24H26Cl4N2O2S. The maximum absolute atomic E-state index is 13.1. The van der Waals surface area contributed by atoms with Gasteiger partial charge in [-0.1, -0.05) is 90.1 Å². The quantitative estimate of drug-likeness (QED) is 0.322. The van der Waals surface area contributed by atoms with Crippen molar-refractivity contribution in [1.29, 1.82) is 0 Å². The molecule has 0 amide bonds. The maximum atomic E-state index is 13.1. The van der Waals surface area contributed by atoms with E-state index in [2.05, 4.69) is 47.3 Å². The number of hydrogen-bond donors (Lipinski definition) is 2. The molecule has 9 heteroatoms. The fourth-order valence-electron chi connectivity index (χ4n) is 4.49. The zero-order chi connectivity index (χ0) is 22.9. The van der Waals surface area contributed by atoms with E-state index in [9.17, 15) is 8.42 Å². The van der Waals surface area contributed by atoms with E-state index in [0.717, 1.165) is 25.7 Å². The molecule has 4 rings (SSSR count). The molecule has 1 aliphatic carbocycles. The minimum Gasteiger partial charge on any atom is -0.306 e. The largest absolute Gasteiger partial charge is 0.306 e. The van der Waals surface area contributed by atoms with Crippen LogP contribution in [0.3, 0.4) is 0 Å². The first-order valence-corrected chi connectivity index (χ1v) is 13.3. The van der Waals surface area contributed by atoms with Crippen LogP contribution >= 0.6 is 47.2 Å². The summed E-state index contributed by atoms with van der Waals surface area (Å²) in [6, 6.07) is 17.2. The molecule has 0 radical (unpaired) electrons. The minimum atomic E-state index is -3.86. The molecule has 33 heavy (non-hydrogen) atoms. The zero-order valence-electron chi connectivity index (χ0n) is 18.0. The standard InChI is InChI=1S/C24H25Cl3N2O2S.ClH/c1-15(17-10-6-8-16-7-2-3-9-18(16)17)28-20-11-4-5-12-21(20)29-32(30,31)22-14-13-19(25)23(26)24(22)27;/h2-3,6-10,13-15,20-21,28-29H,4-5,11-12H2,1H3;1H/t15?,20-,21?;/m0./s1. The van der Waals surface area contributed by atoms with Gasteiger partial charge in [0, 0.05) is 18.1 Å². The number of hydrogen-bond acceptors (Lipinski definition) is 3. The van der Waals surface area contributed by atoms with Gasteiger partial charge in [-0.3, -0.25) is 0 Å². The lowest BCUT2D eigenvalue weighted by Crippen LogP contribution is -2.52. The van der Waals surface area contributed by atoms with Gasteiger partial charge >= 0.3 is 0 Å². The molecule has 0 bridgehead atoms. The van der Waals surface area contributed by atoms with Gasteiger partial charge in [0.05, 0.1) is 15.1 Å². The van der Waals surface area contributed by atoms with E-state index < -0.39 is 10.0 Å². The van der Waals surface area contributed by atoms with Crippen LogP contribution in [0.15, 0.2) is 59.5 Å². The summed E-state index contributed by atoms with van der Waals surface area (Å²) in [7, 11) is -3.86.